The van der Waals surface area contributed by atoms with Crippen molar-refractivity contribution in [1.29, 1.82) is 0 Å². The van der Waals surface area contributed by atoms with Gasteiger partial charge in [-0.2, -0.15) is 4.58 Å². The summed E-state index contributed by atoms with van der Waals surface area (Å²) in [4.78, 5) is 41.7. The van der Waals surface area contributed by atoms with E-state index in [9.17, 15) is 14.4 Å². The number of allylic oxidation sites excluding steroid dienone is 2. The molecule has 3 aromatic heterocycles. The SMILES string of the molecule is CCCC[N+]1=C(C=C2C(=O)C(c3ccc(-c4ccc(-n5c6ccc(C(C)(C)C)cc6c6cc(C(C)(C)C)ccc65)s4)s3)C2=O)C(C)(C)c2cc(OC=O)ccc21. The van der Waals surface area contributed by atoms with E-state index in [0.29, 0.717) is 12.2 Å². The molecule has 0 saturated heterocycles. The van der Waals surface area contributed by atoms with Crippen LogP contribution >= 0.6 is 22.7 Å². The van der Waals surface area contributed by atoms with E-state index in [1.807, 2.05) is 30.3 Å². The summed E-state index contributed by atoms with van der Waals surface area (Å²) >= 11 is 3.26. The van der Waals surface area contributed by atoms with Crippen LogP contribution in [0, 0.1) is 0 Å². The Kier molecular flexibility index (Phi) is 9.24. The van der Waals surface area contributed by atoms with Crippen LogP contribution in [0.2, 0.25) is 0 Å². The number of ether oxygens (including phenoxy) is 1. The maximum atomic E-state index is 13.9. The maximum Gasteiger partial charge on any atom is 0.298 e. The average Bonchev–Trinajstić information content (AvgIpc) is 3.93. The van der Waals surface area contributed by atoms with Gasteiger partial charge in [-0.05, 0) is 96.5 Å². The van der Waals surface area contributed by atoms with Crippen LogP contribution in [0.5, 0.6) is 5.75 Å². The number of Topliss-reactive ketones (excluding diaryl/α,β-unsaturated/α-hetero) is 2. The van der Waals surface area contributed by atoms with Crippen LogP contribution in [0.3, 0.4) is 0 Å². The van der Waals surface area contributed by atoms with Gasteiger partial charge in [0.25, 0.3) is 6.47 Å². The highest BCUT2D eigenvalue weighted by Crippen LogP contribution is 2.46. The molecule has 8 heteroatoms. The first-order valence-corrected chi connectivity index (χ1v) is 21.2. The highest BCUT2D eigenvalue weighted by atomic mass is 32.1. The molecule has 3 aromatic carbocycles. The average molecular weight is 782 g/mol. The molecule has 1 aliphatic carbocycles. The summed E-state index contributed by atoms with van der Waals surface area (Å²) in [6, 6.07) is 27.7. The molecular weight excluding hydrogens is 733 g/mol. The summed E-state index contributed by atoms with van der Waals surface area (Å²) in [6.45, 7) is 21.1. The van der Waals surface area contributed by atoms with Gasteiger partial charge in [-0.1, -0.05) is 67.0 Å². The number of benzene rings is 3. The minimum Gasteiger partial charge on any atom is -0.429 e. The number of carbonyl (C=O) groups is 3. The number of hydrogen-bond acceptors (Lipinski definition) is 6. The highest BCUT2D eigenvalue weighted by molar-refractivity contribution is 7.23. The van der Waals surface area contributed by atoms with Gasteiger partial charge < -0.3 is 9.30 Å². The van der Waals surface area contributed by atoms with Gasteiger partial charge in [0.05, 0.1) is 22.0 Å². The number of fused-ring (bicyclic) bond motifs is 4. The fraction of sp³-hybridized carbons (Fsp3) is 0.333. The molecule has 2 aliphatic rings. The van der Waals surface area contributed by atoms with Gasteiger partial charge in [0.2, 0.25) is 5.69 Å². The Morgan fingerprint density at radius 2 is 1.39 bits per heavy atom. The molecule has 6 nitrogen and oxygen atoms in total. The van der Waals surface area contributed by atoms with Crippen LogP contribution in [0.25, 0.3) is 36.6 Å². The number of carbonyl (C=O) groups excluding carboxylic acids is 3. The number of thiophene rings is 2. The topological polar surface area (TPSA) is 68.4 Å². The smallest absolute Gasteiger partial charge is 0.298 e. The van der Waals surface area contributed by atoms with E-state index in [4.69, 9.17) is 4.74 Å². The van der Waals surface area contributed by atoms with Crippen LogP contribution in [0.15, 0.2) is 90.5 Å². The molecule has 286 valence electrons. The molecule has 56 heavy (non-hydrogen) atoms. The summed E-state index contributed by atoms with van der Waals surface area (Å²) in [5.74, 6) is -0.582. The van der Waals surface area contributed by atoms with E-state index in [2.05, 4.69) is 120 Å². The van der Waals surface area contributed by atoms with Gasteiger partial charge >= 0.3 is 0 Å². The van der Waals surface area contributed by atoms with Crippen molar-refractivity contribution in [2.24, 2.45) is 0 Å². The first-order valence-electron chi connectivity index (χ1n) is 19.5. The molecule has 1 aliphatic heterocycles. The van der Waals surface area contributed by atoms with Crippen LogP contribution in [0.4, 0.5) is 5.69 Å². The molecule has 0 unspecified atom stereocenters. The van der Waals surface area contributed by atoms with Gasteiger partial charge in [0, 0.05) is 49.5 Å². The molecule has 0 N–H and O–H groups in total. The molecule has 0 radical (unpaired) electrons. The lowest BCUT2D eigenvalue weighted by Crippen LogP contribution is -2.40. The number of ketones is 2. The minimum absolute atomic E-state index is 0.0301. The third-order valence-corrected chi connectivity index (χ3v) is 14.0. The Bertz CT molecular complexity index is 2580. The van der Waals surface area contributed by atoms with Crippen molar-refractivity contribution >= 4 is 73.9 Å². The van der Waals surface area contributed by atoms with Crippen molar-refractivity contribution in [2.75, 3.05) is 6.54 Å². The number of rotatable bonds is 9. The van der Waals surface area contributed by atoms with Crippen LogP contribution in [-0.2, 0) is 30.6 Å². The van der Waals surface area contributed by atoms with Crippen molar-refractivity contribution in [3.63, 3.8) is 0 Å². The Morgan fingerprint density at radius 1 is 0.786 bits per heavy atom. The zero-order valence-corrected chi connectivity index (χ0v) is 35.3. The van der Waals surface area contributed by atoms with E-state index in [1.54, 1.807) is 17.4 Å². The number of unbranched alkanes of at least 4 members (excludes halogenated alkanes) is 1. The highest BCUT2D eigenvalue weighted by Gasteiger charge is 2.50. The Labute approximate surface area is 337 Å². The Hall–Kier alpha value is -4.92. The molecule has 0 bridgehead atoms. The zero-order chi connectivity index (χ0) is 39.9. The lowest BCUT2D eigenvalue weighted by Gasteiger charge is -2.25. The first-order chi connectivity index (χ1) is 26.5. The summed E-state index contributed by atoms with van der Waals surface area (Å²) in [6.07, 6.45) is 3.77. The fourth-order valence-electron chi connectivity index (χ4n) is 8.23. The fourth-order valence-corrected chi connectivity index (χ4v) is 10.5. The second-order valence-corrected chi connectivity index (χ2v) is 19.9. The van der Waals surface area contributed by atoms with Crippen LogP contribution < -0.4 is 4.74 Å². The minimum atomic E-state index is -0.782. The zero-order valence-electron chi connectivity index (χ0n) is 33.7. The molecule has 0 atom stereocenters. The van der Waals surface area contributed by atoms with E-state index in [0.717, 1.165) is 56.0 Å². The van der Waals surface area contributed by atoms with E-state index in [-0.39, 0.29) is 28.0 Å². The lowest BCUT2D eigenvalue weighted by atomic mass is 9.73. The van der Waals surface area contributed by atoms with Crippen molar-refractivity contribution in [2.45, 2.75) is 97.3 Å². The van der Waals surface area contributed by atoms with Gasteiger partial charge in [0.1, 0.15) is 23.2 Å². The number of nitrogens with zero attached hydrogens (tertiary/aromatic N) is 2. The molecular formula is C48H49N2O4S2+. The molecule has 1 fully saturated rings. The molecule has 8 rings (SSSR count). The summed E-state index contributed by atoms with van der Waals surface area (Å²) in [5, 5.41) is 3.63. The molecule has 6 aromatic rings. The largest absolute Gasteiger partial charge is 0.429 e. The van der Waals surface area contributed by atoms with Gasteiger partial charge in [-0.15, -0.1) is 22.7 Å². The molecule has 1 saturated carbocycles. The number of aromatic nitrogens is 1. The van der Waals surface area contributed by atoms with Crippen molar-refractivity contribution < 1.29 is 23.7 Å². The van der Waals surface area contributed by atoms with Gasteiger partial charge in [-0.3, -0.25) is 14.4 Å². The van der Waals surface area contributed by atoms with E-state index >= 15 is 0 Å². The Morgan fingerprint density at radius 3 is 1.98 bits per heavy atom. The predicted octanol–water partition coefficient (Wildman–Crippen LogP) is 11.7. The maximum absolute atomic E-state index is 13.9. The monoisotopic (exact) mass is 781 g/mol. The molecule has 4 heterocycles. The second kappa shape index (κ2) is 13.6. The normalized spacial score (nSPS) is 16.9. The summed E-state index contributed by atoms with van der Waals surface area (Å²) in [7, 11) is 0. The van der Waals surface area contributed by atoms with Crippen molar-refractivity contribution in [3.05, 3.63) is 112 Å². The second-order valence-electron chi connectivity index (χ2n) is 17.8. The van der Waals surface area contributed by atoms with Crippen molar-refractivity contribution in [3.8, 4) is 20.5 Å². The quantitative estimate of drug-likeness (QED) is 0.0482. The predicted molar refractivity (Wildman–Crippen MR) is 231 cm³/mol. The number of hydrogen-bond donors (Lipinski definition) is 0. The molecule has 0 amide bonds. The van der Waals surface area contributed by atoms with Crippen LogP contribution in [-0.4, -0.2) is 39.4 Å². The lowest BCUT2D eigenvalue weighted by molar-refractivity contribution is -0.438. The van der Waals surface area contributed by atoms with Gasteiger partial charge in [0.15, 0.2) is 17.3 Å². The van der Waals surface area contributed by atoms with Crippen LogP contribution in [0.1, 0.15) is 103 Å². The van der Waals surface area contributed by atoms with Gasteiger partial charge in [-0.25, -0.2) is 0 Å². The summed E-state index contributed by atoms with van der Waals surface area (Å²) < 4.78 is 9.76. The molecule has 0 spiro atoms. The first kappa shape index (κ1) is 38.0. The van der Waals surface area contributed by atoms with E-state index in [1.165, 1.54) is 44.3 Å². The Balaban J connectivity index is 1.11. The summed E-state index contributed by atoms with van der Waals surface area (Å²) in [5.41, 5.74) is 7.70. The third-order valence-electron chi connectivity index (χ3n) is 11.6. The van der Waals surface area contributed by atoms with E-state index < -0.39 is 11.3 Å². The third kappa shape index (κ3) is 6.22. The standard InChI is InChI=1S/C48H49N2O4S2/c1-10-11-22-49-37-17-14-30(54-27-51)25-34(37)48(8,9)41(49)26-33-44(52)43(45(33)53)40-19-18-38(55-40)39-20-21-42(56-39)50-35-15-12-28(46(2,3)4)23-31(35)32-24-29(47(5,6)7)13-16-36(32)50/h12-21,23-27,43H,10-11,22H2,1-9H3/q+1. The van der Waals surface area contributed by atoms with Crippen molar-refractivity contribution in [1.82, 2.24) is 4.57 Å².